The normalized spacial score (nSPS) is 13.6. The Morgan fingerprint density at radius 1 is 1.31 bits per heavy atom. The van der Waals surface area contributed by atoms with Crippen LogP contribution >= 0.6 is 23.4 Å². The lowest BCUT2D eigenvalue weighted by molar-refractivity contribution is -0.118. The van der Waals surface area contributed by atoms with Gasteiger partial charge in [-0.2, -0.15) is 5.10 Å². The van der Waals surface area contributed by atoms with E-state index in [-0.39, 0.29) is 11.5 Å². The first kappa shape index (κ1) is 19.7. The molecule has 0 aliphatic carbocycles. The Morgan fingerprint density at radius 3 is 2.86 bits per heavy atom. The number of aromatic nitrogens is 3. The number of nitrogens with zero attached hydrogens (tertiary/aromatic N) is 4. The van der Waals surface area contributed by atoms with Gasteiger partial charge < -0.3 is 10.6 Å². The highest BCUT2D eigenvalue weighted by Crippen LogP contribution is 2.37. The van der Waals surface area contributed by atoms with Crippen LogP contribution in [0.3, 0.4) is 0 Å². The molecule has 1 aliphatic heterocycles. The summed E-state index contributed by atoms with van der Waals surface area (Å²) < 4.78 is 1.61. The van der Waals surface area contributed by atoms with Crippen LogP contribution in [-0.2, 0) is 11.2 Å². The number of hydrogen-bond acceptors (Lipinski definition) is 5. The van der Waals surface area contributed by atoms with E-state index in [9.17, 15) is 9.59 Å². The molecule has 0 saturated heterocycles. The predicted octanol–water partition coefficient (Wildman–Crippen LogP) is 3.17. The van der Waals surface area contributed by atoms with Crippen LogP contribution in [0.5, 0.6) is 0 Å². The second-order valence-corrected chi connectivity index (χ2v) is 8.50. The van der Waals surface area contributed by atoms with Crippen molar-refractivity contribution in [3.63, 3.8) is 0 Å². The zero-order chi connectivity index (χ0) is 20.7. The van der Waals surface area contributed by atoms with Crippen molar-refractivity contribution < 1.29 is 9.59 Å². The second kappa shape index (κ2) is 7.68. The molecule has 0 spiro atoms. The third-order valence-electron chi connectivity index (χ3n) is 5.15. The molecule has 1 aromatic carbocycles. The maximum atomic E-state index is 13.0. The first-order chi connectivity index (χ1) is 13.9. The van der Waals surface area contributed by atoms with Crippen LogP contribution in [0.25, 0.3) is 5.65 Å². The molecule has 0 atom stereocenters. The molecule has 3 heterocycles. The molecule has 4 rings (SSSR count). The van der Waals surface area contributed by atoms with Crippen LogP contribution in [0.2, 0.25) is 5.02 Å². The number of benzene rings is 1. The van der Waals surface area contributed by atoms with E-state index in [1.807, 2.05) is 36.9 Å². The molecule has 2 amide bonds. The molecule has 2 N–H and O–H groups in total. The molecule has 150 valence electrons. The minimum atomic E-state index is -0.561. The van der Waals surface area contributed by atoms with Gasteiger partial charge in [-0.15, -0.1) is 11.8 Å². The van der Waals surface area contributed by atoms with Gasteiger partial charge in [-0.25, -0.2) is 9.50 Å². The average molecular weight is 430 g/mol. The molecule has 3 aromatic rings. The number of thioether (sulfide) groups is 1. The number of fused-ring (bicyclic) bond motifs is 2. The molecular formula is C20H20ClN5O2S. The molecular weight excluding hydrogens is 410 g/mol. The maximum Gasteiger partial charge on any atom is 0.254 e. The molecule has 1 aliphatic rings. The molecule has 0 fully saturated rings. The Kier molecular flexibility index (Phi) is 5.23. The Balaban J connectivity index is 1.59. The van der Waals surface area contributed by atoms with Gasteiger partial charge in [0.2, 0.25) is 5.91 Å². The minimum Gasteiger partial charge on any atom is -0.365 e. The van der Waals surface area contributed by atoms with E-state index in [0.717, 1.165) is 33.3 Å². The number of hydrogen-bond donors (Lipinski definition) is 1. The number of carbonyl (C=O) groups is 2. The van der Waals surface area contributed by atoms with E-state index in [0.29, 0.717) is 30.1 Å². The summed E-state index contributed by atoms with van der Waals surface area (Å²) in [4.78, 5) is 32.0. The number of aryl methyl sites for hydroxylation is 2. The smallest absolute Gasteiger partial charge is 0.254 e. The van der Waals surface area contributed by atoms with Crippen molar-refractivity contribution in [3.8, 4) is 0 Å². The van der Waals surface area contributed by atoms with Gasteiger partial charge in [0.15, 0.2) is 5.65 Å². The van der Waals surface area contributed by atoms with Gasteiger partial charge in [0.25, 0.3) is 5.91 Å². The van der Waals surface area contributed by atoms with Gasteiger partial charge in [-0.3, -0.25) is 9.59 Å². The third-order valence-corrected chi connectivity index (χ3v) is 6.43. The summed E-state index contributed by atoms with van der Waals surface area (Å²) in [7, 11) is 0. The first-order valence-corrected chi connectivity index (χ1v) is 10.6. The fraction of sp³-hybridized carbons (Fsp3) is 0.300. The SMILES string of the molecule is Cc1nc2c(C(N)=O)cnn2c(C)c1CCC(=O)N1CCSc2ccc(Cl)cc21. The topological polar surface area (TPSA) is 93.6 Å². The molecule has 0 bridgehead atoms. The standard InChI is InChI=1S/C20H20ClN5O2S/c1-11-14(12(2)26-20(24-11)15(10-23-26)19(22)28)4-6-18(27)25-7-8-29-17-5-3-13(21)9-16(17)25/h3,5,9-10H,4,6-8H2,1-2H3,(H2,22,28). The van der Waals surface area contributed by atoms with Crippen molar-refractivity contribution in [1.82, 2.24) is 14.6 Å². The van der Waals surface area contributed by atoms with Crippen molar-refractivity contribution in [1.29, 1.82) is 0 Å². The molecule has 7 nitrogen and oxygen atoms in total. The fourth-order valence-corrected chi connectivity index (χ4v) is 4.80. The summed E-state index contributed by atoms with van der Waals surface area (Å²) in [5.74, 6) is 0.343. The number of nitrogens with two attached hydrogens (primary N) is 1. The maximum absolute atomic E-state index is 13.0. The van der Waals surface area contributed by atoms with Gasteiger partial charge in [-0.05, 0) is 44.0 Å². The van der Waals surface area contributed by atoms with Crippen LogP contribution in [0.15, 0.2) is 29.3 Å². The Hall–Kier alpha value is -2.58. The molecule has 0 unspecified atom stereocenters. The number of rotatable bonds is 4. The summed E-state index contributed by atoms with van der Waals surface area (Å²) in [6.07, 6.45) is 2.30. The van der Waals surface area contributed by atoms with E-state index >= 15 is 0 Å². The number of amides is 2. The summed E-state index contributed by atoms with van der Waals surface area (Å²) in [5, 5.41) is 4.86. The van der Waals surface area contributed by atoms with Crippen molar-refractivity contribution >= 4 is 46.5 Å². The second-order valence-electron chi connectivity index (χ2n) is 6.92. The predicted molar refractivity (Wildman–Crippen MR) is 114 cm³/mol. The van der Waals surface area contributed by atoms with E-state index in [1.165, 1.54) is 6.20 Å². The highest BCUT2D eigenvalue weighted by molar-refractivity contribution is 7.99. The number of anilines is 1. The number of primary amides is 1. The van der Waals surface area contributed by atoms with Crippen molar-refractivity contribution in [3.05, 3.63) is 51.9 Å². The minimum absolute atomic E-state index is 0.0472. The van der Waals surface area contributed by atoms with Crippen LogP contribution in [0.4, 0.5) is 5.69 Å². The summed E-state index contributed by atoms with van der Waals surface area (Å²) in [6.45, 7) is 4.44. The zero-order valence-corrected chi connectivity index (χ0v) is 17.7. The lowest BCUT2D eigenvalue weighted by Crippen LogP contribution is -2.35. The molecule has 0 radical (unpaired) electrons. The van der Waals surface area contributed by atoms with E-state index in [1.54, 1.807) is 16.3 Å². The summed E-state index contributed by atoms with van der Waals surface area (Å²) in [6, 6.07) is 5.65. The lowest BCUT2D eigenvalue weighted by Gasteiger charge is -2.29. The lowest BCUT2D eigenvalue weighted by atomic mass is 10.1. The number of halogens is 1. The van der Waals surface area contributed by atoms with Gasteiger partial charge in [0.05, 0.1) is 11.9 Å². The first-order valence-electron chi connectivity index (χ1n) is 9.23. The Bertz CT molecular complexity index is 1140. The highest BCUT2D eigenvalue weighted by atomic mass is 35.5. The van der Waals surface area contributed by atoms with Gasteiger partial charge >= 0.3 is 0 Å². The van der Waals surface area contributed by atoms with E-state index in [4.69, 9.17) is 17.3 Å². The van der Waals surface area contributed by atoms with Crippen LogP contribution < -0.4 is 10.6 Å². The van der Waals surface area contributed by atoms with E-state index in [2.05, 4.69) is 10.1 Å². The van der Waals surface area contributed by atoms with Crippen molar-refractivity contribution in [2.45, 2.75) is 31.6 Å². The Morgan fingerprint density at radius 2 is 2.10 bits per heavy atom. The fourth-order valence-electron chi connectivity index (χ4n) is 3.66. The Labute approximate surface area is 177 Å². The summed E-state index contributed by atoms with van der Waals surface area (Å²) in [5.41, 5.74) is 9.57. The quantitative estimate of drug-likeness (QED) is 0.687. The molecule has 9 heteroatoms. The highest BCUT2D eigenvalue weighted by Gasteiger charge is 2.24. The van der Waals surface area contributed by atoms with Crippen LogP contribution in [0.1, 0.15) is 33.7 Å². The average Bonchev–Trinajstić information content (AvgIpc) is 3.11. The summed E-state index contributed by atoms with van der Waals surface area (Å²) >= 11 is 7.87. The van der Waals surface area contributed by atoms with Crippen LogP contribution in [-0.4, -0.2) is 38.7 Å². The van der Waals surface area contributed by atoms with Crippen molar-refractivity contribution in [2.75, 3.05) is 17.2 Å². The van der Waals surface area contributed by atoms with Gasteiger partial charge in [0.1, 0.15) is 5.56 Å². The van der Waals surface area contributed by atoms with Gasteiger partial charge in [0, 0.05) is 40.0 Å². The third kappa shape index (κ3) is 3.58. The van der Waals surface area contributed by atoms with Crippen LogP contribution in [0, 0.1) is 13.8 Å². The van der Waals surface area contributed by atoms with E-state index < -0.39 is 5.91 Å². The molecule has 29 heavy (non-hydrogen) atoms. The molecule has 2 aromatic heterocycles. The van der Waals surface area contributed by atoms with Gasteiger partial charge in [-0.1, -0.05) is 11.6 Å². The van der Waals surface area contributed by atoms with Crippen molar-refractivity contribution in [2.24, 2.45) is 5.73 Å². The monoisotopic (exact) mass is 429 g/mol. The molecule has 0 saturated carbocycles. The number of carbonyl (C=O) groups excluding carboxylic acids is 2. The zero-order valence-electron chi connectivity index (χ0n) is 16.1. The largest absolute Gasteiger partial charge is 0.365 e.